The van der Waals surface area contributed by atoms with Crippen LogP contribution in [0.3, 0.4) is 0 Å². The molecule has 2 fully saturated rings. The van der Waals surface area contributed by atoms with Crippen LogP contribution in [0.1, 0.15) is 37.0 Å². The number of aromatic nitrogens is 2. The van der Waals surface area contributed by atoms with E-state index < -0.39 is 0 Å². The van der Waals surface area contributed by atoms with Crippen LogP contribution in [0, 0.1) is 6.92 Å². The first-order valence-electron chi connectivity index (χ1n) is 9.56. The average Bonchev–Trinajstić information content (AvgIpc) is 3.06. The van der Waals surface area contributed by atoms with Gasteiger partial charge in [-0.1, -0.05) is 19.3 Å². The smallest absolute Gasteiger partial charge is 0.262 e. The van der Waals surface area contributed by atoms with Gasteiger partial charge in [0.15, 0.2) is 0 Å². The summed E-state index contributed by atoms with van der Waals surface area (Å²) < 4.78 is 1.34. The second-order valence-corrected chi connectivity index (χ2v) is 8.68. The first-order chi connectivity index (χ1) is 13.0. The lowest BCUT2D eigenvalue weighted by atomic mass is 9.93. The molecule has 2 aromatic heterocycles. The number of piperazine rings is 1. The lowest BCUT2D eigenvalue weighted by molar-refractivity contribution is -0.148. The zero-order valence-electron chi connectivity index (χ0n) is 15.5. The van der Waals surface area contributed by atoms with Crippen molar-refractivity contribution in [2.45, 2.75) is 51.6 Å². The van der Waals surface area contributed by atoms with Gasteiger partial charge in [-0.05, 0) is 25.8 Å². The van der Waals surface area contributed by atoms with Crippen molar-refractivity contribution in [1.82, 2.24) is 19.4 Å². The molecule has 144 valence electrons. The van der Waals surface area contributed by atoms with E-state index in [2.05, 4.69) is 4.98 Å². The Morgan fingerprint density at radius 1 is 1.22 bits per heavy atom. The number of hydrogen-bond donors (Lipinski definition) is 0. The molecule has 1 saturated heterocycles. The number of rotatable bonds is 3. The molecular weight excluding hydrogens is 364 g/mol. The highest BCUT2D eigenvalue weighted by atomic mass is 32.1. The monoisotopic (exact) mass is 388 g/mol. The minimum absolute atomic E-state index is 0.0240. The molecule has 2 amide bonds. The first kappa shape index (κ1) is 18.2. The molecule has 0 bridgehead atoms. The Hall–Kier alpha value is -2.22. The van der Waals surface area contributed by atoms with Crippen molar-refractivity contribution in [1.29, 1.82) is 0 Å². The van der Waals surface area contributed by atoms with Gasteiger partial charge in [0, 0.05) is 24.0 Å². The van der Waals surface area contributed by atoms with Crippen LogP contribution in [0.2, 0.25) is 0 Å². The number of amides is 2. The van der Waals surface area contributed by atoms with E-state index in [4.69, 9.17) is 0 Å². The topological polar surface area (TPSA) is 75.5 Å². The summed E-state index contributed by atoms with van der Waals surface area (Å²) in [5.41, 5.74) is -0.204. The average molecular weight is 388 g/mol. The first-order valence-corrected chi connectivity index (χ1v) is 10.4. The van der Waals surface area contributed by atoms with Crippen LogP contribution in [0.4, 0.5) is 0 Å². The number of aryl methyl sites for hydroxylation is 1. The Labute approximate surface area is 161 Å². The molecular formula is C19H24N4O3S. The molecule has 3 heterocycles. The van der Waals surface area contributed by atoms with E-state index in [0.717, 1.165) is 17.7 Å². The number of nitrogens with zero attached hydrogens (tertiary/aromatic N) is 4. The van der Waals surface area contributed by atoms with E-state index in [-0.39, 0.29) is 30.5 Å². The summed E-state index contributed by atoms with van der Waals surface area (Å²) in [5.74, 6) is -0.183. The van der Waals surface area contributed by atoms with Gasteiger partial charge in [-0.15, -0.1) is 11.3 Å². The molecule has 0 spiro atoms. The molecule has 0 radical (unpaired) electrons. The molecule has 0 atom stereocenters. The molecule has 0 N–H and O–H groups in total. The fourth-order valence-corrected chi connectivity index (χ4v) is 4.95. The van der Waals surface area contributed by atoms with Gasteiger partial charge in [-0.25, -0.2) is 4.98 Å². The zero-order valence-corrected chi connectivity index (χ0v) is 16.3. The van der Waals surface area contributed by atoms with Crippen LogP contribution in [0.25, 0.3) is 10.2 Å². The van der Waals surface area contributed by atoms with E-state index in [1.165, 1.54) is 41.5 Å². The van der Waals surface area contributed by atoms with Gasteiger partial charge in [0.25, 0.3) is 5.56 Å². The SMILES string of the molecule is Cc1cc2c(=O)n(CC(=O)N3CCN(C4CCCCC4)C(=O)C3)cnc2s1. The molecule has 2 aliphatic rings. The largest absolute Gasteiger partial charge is 0.336 e. The zero-order chi connectivity index (χ0) is 19.0. The maximum atomic E-state index is 12.7. The molecule has 27 heavy (non-hydrogen) atoms. The van der Waals surface area contributed by atoms with Gasteiger partial charge in [0.2, 0.25) is 11.8 Å². The summed E-state index contributed by atoms with van der Waals surface area (Å²) in [4.78, 5) is 47.3. The number of carbonyl (C=O) groups is 2. The molecule has 7 nitrogen and oxygen atoms in total. The number of hydrogen-bond acceptors (Lipinski definition) is 5. The maximum absolute atomic E-state index is 12.7. The van der Waals surface area contributed by atoms with Crippen LogP contribution in [0.5, 0.6) is 0 Å². The van der Waals surface area contributed by atoms with E-state index >= 15 is 0 Å². The fourth-order valence-electron chi connectivity index (χ4n) is 4.12. The number of thiophene rings is 1. The Balaban J connectivity index is 1.43. The van der Waals surface area contributed by atoms with Gasteiger partial charge in [0.1, 0.15) is 11.4 Å². The molecule has 1 aliphatic heterocycles. The third-order valence-corrected chi connectivity index (χ3v) is 6.53. The molecule has 1 aliphatic carbocycles. The van der Waals surface area contributed by atoms with Crippen molar-refractivity contribution >= 4 is 33.4 Å². The highest BCUT2D eigenvalue weighted by molar-refractivity contribution is 7.18. The van der Waals surface area contributed by atoms with Gasteiger partial charge >= 0.3 is 0 Å². The number of fused-ring (bicyclic) bond motifs is 1. The standard InChI is InChI=1S/C19H24N4O3S/c1-13-9-15-18(27-13)20-12-22(19(15)26)10-16(24)21-7-8-23(17(25)11-21)14-5-3-2-4-6-14/h9,12,14H,2-8,10-11H2,1H3. The second-order valence-electron chi connectivity index (χ2n) is 7.45. The van der Waals surface area contributed by atoms with Gasteiger partial charge in [-0.2, -0.15) is 0 Å². The summed E-state index contributed by atoms with van der Waals surface area (Å²) in [6.45, 7) is 3.08. The Morgan fingerprint density at radius 2 is 2.00 bits per heavy atom. The summed E-state index contributed by atoms with van der Waals surface area (Å²) >= 11 is 1.47. The predicted octanol–water partition coefficient (Wildman–Crippen LogP) is 1.77. The van der Waals surface area contributed by atoms with Gasteiger partial charge in [0.05, 0.1) is 18.3 Å². The predicted molar refractivity (Wildman–Crippen MR) is 104 cm³/mol. The van der Waals surface area contributed by atoms with Crippen LogP contribution in [0.15, 0.2) is 17.2 Å². The normalized spacial score (nSPS) is 19.1. The fraction of sp³-hybridized carbons (Fsp3) is 0.579. The van der Waals surface area contributed by atoms with Crippen molar-refractivity contribution in [3.63, 3.8) is 0 Å². The van der Waals surface area contributed by atoms with Crippen LogP contribution in [-0.4, -0.2) is 56.8 Å². The summed E-state index contributed by atoms with van der Waals surface area (Å²) in [6, 6.07) is 2.14. The van der Waals surface area contributed by atoms with Crippen LogP contribution in [-0.2, 0) is 16.1 Å². The lowest BCUT2D eigenvalue weighted by Crippen LogP contribution is -2.56. The molecule has 4 rings (SSSR count). The van der Waals surface area contributed by atoms with Gasteiger partial charge < -0.3 is 9.80 Å². The molecule has 2 aromatic rings. The Bertz CT molecular complexity index is 929. The van der Waals surface area contributed by atoms with E-state index in [0.29, 0.717) is 29.3 Å². The van der Waals surface area contributed by atoms with Crippen molar-refractivity contribution in [3.05, 3.63) is 27.6 Å². The maximum Gasteiger partial charge on any atom is 0.262 e. The van der Waals surface area contributed by atoms with Crippen molar-refractivity contribution in [2.24, 2.45) is 0 Å². The summed E-state index contributed by atoms with van der Waals surface area (Å²) in [6.07, 6.45) is 7.18. The highest BCUT2D eigenvalue weighted by Crippen LogP contribution is 2.24. The summed E-state index contributed by atoms with van der Waals surface area (Å²) in [7, 11) is 0. The third kappa shape index (κ3) is 3.63. The third-order valence-electron chi connectivity index (χ3n) is 5.57. The van der Waals surface area contributed by atoms with Crippen molar-refractivity contribution < 1.29 is 9.59 Å². The second kappa shape index (κ2) is 7.42. The minimum atomic E-state index is -0.207. The summed E-state index contributed by atoms with van der Waals surface area (Å²) in [5, 5.41) is 0.547. The Kier molecular flexibility index (Phi) is 4.99. The van der Waals surface area contributed by atoms with Gasteiger partial charge in [-0.3, -0.25) is 19.0 Å². The quantitative estimate of drug-likeness (QED) is 0.803. The van der Waals surface area contributed by atoms with Crippen molar-refractivity contribution in [3.8, 4) is 0 Å². The minimum Gasteiger partial charge on any atom is -0.336 e. The highest BCUT2D eigenvalue weighted by Gasteiger charge is 2.32. The number of carbonyl (C=O) groups excluding carboxylic acids is 2. The molecule has 8 heteroatoms. The van der Waals surface area contributed by atoms with Crippen LogP contribution < -0.4 is 5.56 Å². The van der Waals surface area contributed by atoms with E-state index in [1.807, 2.05) is 17.9 Å². The van der Waals surface area contributed by atoms with Crippen LogP contribution >= 0.6 is 11.3 Å². The Morgan fingerprint density at radius 3 is 2.74 bits per heavy atom. The molecule has 0 aromatic carbocycles. The lowest BCUT2D eigenvalue weighted by Gasteiger charge is -2.40. The van der Waals surface area contributed by atoms with Crippen molar-refractivity contribution in [2.75, 3.05) is 19.6 Å². The molecule has 1 saturated carbocycles. The molecule has 0 unspecified atom stereocenters. The van der Waals surface area contributed by atoms with E-state index in [1.54, 1.807) is 4.90 Å². The van der Waals surface area contributed by atoms with E-state index in [9.17, 15) is 14.4 Å².